The van der Waals surface area contributed by atoms with Crippen LogP contribution in [-0.2, 0) is 11.3 Å². The number of fused-ring (bicyclic) bond motifs is 1. The minimum atomic E-state index is -0.465. The van der Waals surface area contributed by atoms with Gasteiger partial charge in [-0.25, -0.2) is 0 Å². The second-order valence-electron chi connectivity index (χ2n) is 7.70. The van der Waals surface area contributed by atoms with Crippen molar-refractivity contribution in [3.8, 4) is 11.5 Å². The summed E-state index contributed by atoms with van der Waals surface area (Å²) in [7, 11) is 2.95. The van der Waals surface area contributed by atoms with E-state index < -0.39 is 11.2 Å². The number of carbonyl (C=O) groups excluding carboxylic acids is 2. The molecule has 0 aliphatic rings. The normalized spacial score (nSPS) is 10.7. The Morgan fingerprint density at radius 2 is 1.62 bits per heavy atom. The topological polar surface area (TPSA) is 99.5 Å². The van der Waals surface area contributed by atoms with Gasteiger partial charge in [0.25, 0.3) is 0 Å². The maximum absolute atomic E-state index is 13.3. The first kappa shape index (κ1) is 22.7. The van der Waals surface area contributed by atoms with Crippen LogP contribution in [-0.4, -0.2) is 35.5 Å². The lowest BCUT2D eigenvalue weighted by Crippen LogP contribution is -2.24. The van der Waals surface area contributed by atoms with Gasteiger partial charge in [-0.15, -0.1) is 0 Å². The van der Waals surface area contributed by atoms with Gasteiger partial charge in [0.1, 0.15) is 6.54 Å². The molecule has 1 amide bonds. The second kappa shape index (κ2) is 9.58. The largest absolute Gasteiger partial charge is 0.493 e. The molecule has 0 bridgehead atoms. The fourth-order valence-corrected chi connectivity index (χ4v) is 3.66. The Morgan fingerprint density at radius 3 is 2.26 bits per heavy atom. The van der Waals surface area contributed by atoms with Gasteiger partial charge in [0.15, 0.2) is 17.3 Å². The van der Waals surface area contributed by atoms with Gasteiger partial charge in [0.2, 0.25) is 11.3 Å². The molecule has 0 saturated carbocycles. The highest BCUT2D eigenvalue weighted by molar-refractivity contribution is 6.10. The van der Waals surface area contributed by atoms with Gasteiger partial charge in [-0.2, -0.15) is 0 Å². The van der Waals surface area contributed by atoms with E-state index in [9.17, 15) is 14.4 Å². The first-order valence-electron chi connectivity index (χ1n) is 10.5. The summed E-state index contributed by atoms with van der Waals surface area (Å²) in [4.78, 5) is 43.3. The quantitative estimate of drug-likeness (QED) is 0.426. The Morgan fingerprint density at radius 1 is 0.971 bits per heavy atom. The van der Waals surface area contributed by atoms with Crippen molar-refractivity contribution in [1.29, 1.82) is 0 Å². The number of hydrogen-bond donors (Lipinski definition) is 1. The Balaban J connectivity index is 1.83. The molecular weight excluding hydrogens is 434 g/mol. The number of anilines is 1. The van der Waals surface area contributed by atoms with Crippen LogP contribution in [0.1, 0.15) is 21.5 Å². The van der Waals surface area contributed by atoms with E-state index in [2.05, 4.69) is 10.3 Å². The van der Waals surface area contributed by atoms with Crippen LogP contribution < -0.4 is 20.2 Å². The van der Waals surface area contributed by atoms with Gasteiger partial charge < -0.3 is 19.4 Å². The number of methoxy groups -OCH3 is 2. The van der Waals surface area contributed by atoms with E-state index in [4.69, 9.17) is 9.47 Å². The van der Waals surface area contributed by atoms with Gasteiger partial charge in [-0.05, 0) is 37.3 Å². The lowest BCUT2D eigenvalue weighted by atomic mass is 10.0. The molecule has 0 aliphatic carbocycles. The first-order chi connectivity index (χ1) is 16.4. The number of nitrogens with one attached hydrogen (secondary N) is 1. The summed E-state index contributed by atoms with van der Waals surface area (Å²) in [5.41, 5.74) is 1.95. The summed E-state index contributed by atoms with van der Waals surface area (Å²) in [6.45, 7) is 1.83. The van der Waals surface area contributed by atoms with Crippen LogP contribution in [0.15, 0.2) is 71.9 Å². The minimum Gasteiger partial charge on any atom is -0.493 e. The number of rotatable bonds is 7. The molecule has 2 aromatic carbocycles. The van der Waals surface area contributed by atoms with Crippen molar-refractivity contribution in [2.24, 2.45) is 0 Å². The van der Waals surface area contributed by atoms with Crippen molar-refractivity contribution in [1.82, 2.24) is 9.55 Å². The molecule has 172 valence electrons. The van der Waals surface area contributed by atoms with Gasteiger partial charge in [-0.3, -0.25) is 19.4 Å². The molecule has 4 rings (SSSR count). The molecule has 1 N–H and O–H groups in total. The number of pyridine rings is 2. The average Bonchev–Trinajstić information content (AvgIpc) is 2.86. The van der Waals surface area contributed by atoms with Crippen LogP contribution in [0.3, 0.4) is 0 Å². The van der Waals surface area contributed by atoms with E-state index in [1.54, 1.807) is 10.6 Å². The molecule has 0 atom stereocenters. The zero-order valence-corrected chi connectivity index (χ0v) is 19.0. The molecule has 0 saturated heterocycles. The molecule has 4 aromatic rings. The molecule has 8 heteroatoms. The Labute approximate surface area is 195 Å². The number of amides is 1. The third-order valence-corrected chi connectivity index (χ3v) is 5.42. The summed E-state index contributed by atoms with van der Waals surface area (Å²) in [5.74, 6) is -0.0331. The first-order valence-corrected chi connectivity index (χ1v) is 10.5. The molecule has 0 unspecified atom stereocenters. The van der Waals surface area contributed by atoms with Crippen molar-refractivity contribution in [2.75, 3.05) is 19.5 Å². The highest BCUT2D eigenvalue weighted by Gasteiger charge is 2.20. The van der Waals surface area contributed by atoms with E-state index in [1.807, 2.05) is 31.2 Å². The predicted molar refractivity (Wildman–Crippen MR) is 129 cm³/mol. The van der Waals surface area contributed by atoms with E-state index >= 15 is 0 Å². The number of benzene rings is 2. The van der Waals surface area contributed by atoms with Crippen molar-refractivity contribution in [3.05, 3.63) is 94.0 Å². The lowest BCUT2D eigenvalue weighted by molar-refractivity contribution is -0.116. The van der Waals surface area contributed by atoms with Crippen LogP contribution >= 0.6 is 0 Å². The number of nitrogens with zero attached hydrogens (tertiary/aromatic N) is 2. The standard InChI is InChI=1S/C26H23N3O5/c1-16-4-6-18(7-5-16)28-24(30)15-29-14-20(25(31)17-8-10-27-11-9-17)26(32)19-12-22(33-2)23(34-3)13-21(19)29/h4-14H,15H2,1-3H3,(H,28,30). The van der Waals surface area contributed by atoms with Crippen LogP contribution in [0.4, 0.5) is 5.69 Å². The Hall–Kier alpha value is -4.46. The number of aromatic nitrogens is 2. The molecule has 2 aromatic heterocycles. The van der Waals surface area contributed by atoms with Gasteiger partial charge in [-0.1, -0.05) is 17.7 Å². The smallest absolute Gasteiger partial charge is 0.244 e. The van der Waals surface area contributed by atoms with Crippen molar-refractivity contribution >= 4 is 28.3 Å². The maximum Gasteiger partial charge on any atom is 0.244 e. The minimum absolute atomic E-state index is 0.0611. The number of ether oxygens (including phenoxy) is 2. The molecule has 0 aliphatic heterocycles. The van der Waals surface area contributed by atoms with Crippen LogP contribution in [0.2, 0.25) is 0 Å². The lowest BCUT2D eigenvalue weighted by Gasteiger charge is -2.16. The van der Waals surface area contributed by atoms with E-state index in [1.165, 1.54) is 51.0 Å². The fourth-order valence-electron chi connectivity index (χ4n) is 3.66. The highest BCUT2D eigenvalue weighted by atomic mass is 16.5. The SMILES string of the molecule is COc1cc2c(=O)c(C(=O)c3ccncc3)cn(CC(=O)Nc3ccc(C)cc3)c2cc1OC. The molecule has 0 fully saturated rings. The fraction of sp³-hybridized carbons (Fsp3) is 0.154. The molecule has 2 heterocycles. The molecule has 0 spiro atoms. The predicted octanol–water partition coefficient (Wildman–Crippen LogP) is 3.59. The highest BCUT2D eigenvalue weighted by Crippen LogP contribution is 2.31. The van der Waals surface area contributed by atoms with Crippen molar-refractivity contribution in [2.45, 2.75) is 13.5 Å². The summed E-state index contributed by atoms with van der Waals surface area (Å²) in [5, 5.41) is 3.08. The molecular formula is C26H23N3O5. The Bertz CT molecular complexity index is 1430. The third kappa shape index (κ3) is 4.52. The van der Waals surface area contributed by atoms with Gasteiger partial charge in [0, 0.05) is 35.9 Å². The summed E-state index contributed by atoms with van der Waals surface area (Å²) >= 11 is 0. The van der Waals surface area contributed by atoms with Gasteiger partial charge in [0.05, 0.1) is 30.7 Å². The van der Waals surface area contributed by atoms with Crippen molar-refractivity contribution < 1.29 is 19.1 Å². The van der Waals surface area contributed by atoms with Crippen LogP contribution in [0, 0.1) is 6.92 Å². The summed E-state index contributed by atoms with van der Waals surface area (Å²) in [6.07, 6.45) is 4.37. The molecule has 0 radical (unpaired) electrons. The van der Waals surface area contributed by atoms with Crippen LogP contribution in [0.25, 0.3) is 10.9 Å². The monoisotopic (exact) mass is 457 g/mol. The maximum atomic E-state index is 13.3. The van der Waals surface area contributed by atoms with E-state index in [-0.39, 0.29) is 23.4 Å². The van der Waals surface area contributed by atoms with E-state index in [0.29, 0.717) is 28.3 Å². The third-order valence-electron chi connectivity index (χ3n) is 5.42. The zero-order valence-electron chi connectivity index (χ0n) is 19.0. The molecule has 8 nitrogen and oxygen atoms in total. The molecule has 34 heavy (non-hydrogen) atoms. The summed E-state index contributed by atoms with van der Waals surface area (Å²) < 4.78 is 12.3. The number of ketones is 1. The van der Waals surface area contributed by atoms with Crippen LogP contribution in [0.5, 0.6) is 11.5 Å². The van der Waals surface area contributed by atoms with Crippen molar-refractivity contribution in [3.63, 3.8) is 0 Å². The summed E-state index contributed by atoms with van der Waals surface area (Å²) in [6, 6.07) is 13.6. The Kier molecular flexibility index (Phi) is 6.40. The van der Waals surface area contributed by atoms with E-state index in [0.717, 1.165) is 5.56 Å². The number of carbonyl (C=O) groups is 2. The number of aryl methyl sites for hydroxylation is 1. The zero-order chi connectivity index (χ0) is 24.2. The average molecular weight is 457 g/mol. The number of hydrogen-bond acceptors (Lipinski definition) is 6. The van der Waals surface area contributed by atoms with Gasteiger partial charge >= 0.3 is 0 Å². The second-order valence-corrected chi connectivity index (χ2v) is 7.70.